The van der Waals surface area contributed by atoms with Crippen LogP contribution < -0.4 is 0 Å². The fraction of sp³-hybridized carbons (Fsp3) is 0.500. The van der Waals surface area contributed by atoms with Crippen molar-refractivity contribution >= 4 is 17.7 Å². The van der Waals surface area contributed by atoms with E-state index in [9.17, 15) is 14.4 Å². The third-order valence-electron chi connectivity index (χ3n) is 3.24. The van der Waals surface area contributed by atoms with Crippen molar-refractivity contribution in [2.24, 2.45) is 11.3 Å². The Morgan fingerprint density at radius 1 is 1.33 bits per heavy atom. The summed E-state index contributed by atoms with van der Waals surface area (Å²) in [5.74, 6) is -2.82. The van der Waals surface area contributed by atoms with E-state index in [0.29, 0.717) is 5.57 Å². The monoisotopic (exact) mass is 210 g/mol. The Morgan fingerprint density at radius 2 is 1.93 bits per heavy atom. The molecule has 0 aromatic rings. The summed E-state index contributed by atoms with van der Waals surface area (Å²) in [5, 5.41) is 17.9. The number of hydrogen-bond acceptors (Lipinski definition) is 3. The molecule has 1 unspecified atom stereocenters. The number of carbonyl (C=O) groups excluding carboxylic acids is 1. The number of carbonyl (C=O) groups is 3. The molecule has 1 saturated carbocycles. The fourth-order valence-corrected chi connectivity index (χ4v) is 2.41. The normalized spacial score (nSPS) is 27.3. The predicted molar refractivity (Wildman–Crippen MR) is 48.1 cm³/mol. The Morgan fingerprint density at radius 3 is 2.40 bits per heavy atom. The van der Waals surface area contributed by atoms with Gasteiger partial charge in [0.2, 0.25) is 0 Å². The van der Waals surface area contributed by atoms with Gasteiger partial charge in [-0.05, 0) is 24.8 Å². The second kappa shape index (κ2) is 2.92. The quantitative estimate of drug-likeness (QED) is 0.645. The summed E-state index contributed by atoms with van der Waals surface area (Å²) in [4.78, 5) is 33.0. The van der Waals surface area contributed by atoms with Gasteiger partial charge in [-0.25, -0.2) is 0 Å². The highest BCUT2D eigenvalue weighted by atomic mass is 16.4. The summed E-state index contributed by atoms with van der Waals surface area (Å²) < 4.78 is 0. The highest BCUT2D eigenvalue weighted by molar-refractivity contribution is 6.01. The third kappa shape index (κ3) is 1.26. The van der Waals surface area contributed by atoms with Crippen LogP contribution in [0.1, 0.15) is 19.3 Å². The van der Waals surface area contributed by atoms with Gasteiger partial charge in [0.1, 0.15) is 0 Å². The maximum absolute atomic E-state index is 11.0. The first-order chi connectivity index (χ1) is 6.95. The van der Waals surface area contributed by atoms with Gasteiger partial charge >= 0.3 is 11.9 Å². The summed E-state index contributed by atoms with van der Waals surface area (Å²) in [6, 6.07) is 0. The topological polar surface area (TPSA) is 91.7 Å². The van der Waals surface area contributed by atoms with Gasteiger partial charge in [0.25, 0.3) is 0 Å². The van der Waals surface area contributed by atoms with Crippen LogP contribution in [0.25, 0.3) is 0 Å². The average molecular weight is 210 g/mol. The highest BCUT2D eigenvalue weighted by Gasteiger charge is 2.55. The molecule has 1 fully saturated rings. The van der Waals surface area contributed by atoms with E-state index in [-0.39, 0.29) is 31.0 Å². The molecule has 2 aliphatic carbocycles. The van der Waals surface area contributed by atoms with Crippen molar-refractivity contribution < 1.29 is 24.6 Å². The summed E-state index contributed by atoms with van der Waals surface area (Å²) in [6.07, 6.45) is 1.67. The largest absolute Gasteiger partial charge is 0.480 e. The van der Waals surface area contributed by atoms with Crippen LogP contribution in [0.5, 0.6) is 0 Å². The van der Waals surface area contributed by atoms with Gasteiger partial charge in [-0.2, -0.15) is 0 Å². The van der Waals surface area contributed by atoms with Crippen LogP contribution in [0.15, 0.2) is 11.6 Å². The molecule has 2 rings (SSSR count). The maximum atomic E-state index is 11.0. The molecule has 5 heteroatoms. The molecule has 2 N–H and O–H groups in total. The standard InChI is InChI=1S/C10H10O5/c11-7-1-5-3-10(8(12)13,9(14)15)4-6(5)2-7/h1,6H,2-4H2,(H,12,13)(H,14,15). The number of ketones is 1. The summed E-state index contributed by atoms with van der Waals surface area (Å²) in [6.45, 7) is 0. The molecule has 0 radical (unpaired) electrons. The Balaban J connectivity index is 2.35. The van der Waals surface area contributed by atoms with E-state index in [0.717, 1.165) is 0 Å². The second-order valence-electron chi connectivity index (χ2n) is 4.16. The van der Waals surface area contributed by atoms with Crippen molar-refractivity contribution in [2.45, 2.75) is 19.3 Å². The maximum Gasteiger partial charge on any atom is 0.321 e. The molecule has 0 aromatic carbocycles. The fourth-order valence-electron chi connectivity index (χ4n) is 2.41. The SMILES string of the molecule is O=C1C=C2CC(C(=O)O)(C(=O)O)CC2C1. The molecule has 1 atom stereocenters. The van der Waals surface area contributed by atoms with Crippen LogP contribution in [0.3, 0.4) is 0 Å². The molecule has 0 aromatic heterocycles. The molecule has 0 aliphatic heterocycles. The number of hydrogen-bond donors (Lipinski definition) is 2. The van der Waals surface area contributed by atoms with Gasteiger partial charge in [0.05, 0.1) is 0 Å². The van der Waals surface area contributed by atoms with Gasteiger partial charge < -0.3 is 10.2 Å². The van der Waals surface area contributed by atoms with Crippen molar-refractivity contribution in [3.05, 3.63) is 11.6 Å². The van der Waals surface area contributed by atoms with E-state index >= 15 is 0 Å². The molecule has 80 valence electrons. The van der Waals surface area contributed by atoms with Crippen LogP contribution in [0.4, 0.5) is 0 Å². The summed E-state index contributed by atoms with van der Waals surface area (Å²) in [7, 11) is 0. The second-order valence-corrected chi connectivity index (χ2v) is 4.16. The van der Waals surface area contributed by atoms with Crippen LogP contribution in [-0.2, 0) is 14.4 Å². The lowest BCUT2D eigenvalue weighted by atomic mass is 9.84. The number of aliphatic carboxylic acids is 2. The first kappa shape index (κ1) is 9.89. The lowest BCUT2D eigenvalue weighted by molar-refractivity contribution is -0.164. The van der Waals surface area contributed by atoms with Crippen LogP contribution in [0, 0.1) is 11.3 Å². The van der Waals surface area contributed by atoms with Gasteiger partial charge in [0.15, 0.2) is 11.2 Å². The number of fused-ring (bicyclic) bond motifs is 1. The molecular weight excluding hydrogens is 200 g/mol. The number of allylic oxidation sites excluding steroid dienone is 2. The van der Waals surface area contributed by atoms with Crippen LogP contribution in [-0.4, -0.2) is 27.9 Å². The van der Waals surface area contributed by atoms with Gasteiger partial charge in [-0.15, -0.1) is 0 Å². The number of rotatable bonds is 2. The number of carboxylic acid groups (broad SMARTS) is 2. The Bertz CT molecular complexity index is 379. The van der Waals surface area contributed by atoms with E-state index in [4.69, 9.17) is 10.2 Å². The number of carboxylic acids is 2. The zero-order valence-electron chi connectivity index (χ0n) is 7.90. The first-order valence-corrected chi connectivity index (χ1v) is 4.66. The highest BCUT2D eigenvalue weighted by Crippen LogP contribution is 2.49. The van der Waals surface area contributed by atoms with E-state index in [1.165, 1.54) is 6.08 Å². The van der Waals surface area contributed by atoms with Crippen molar-refractivity contribution in [3.8, 4) is 0 Å². The zero-order valence-corrected chi connectivity index (χ0v) is 7.90. The third-order valence-corrected chi connectivity index (χ3v) is 3.24. The smallest absolute Gasteiger partial charge is 0.321 e. The minimum absolute atomic E-state index is 0.0284. The van der Waals surface area contributed by atoms with Crippen LogP contribution >= 0.6 is 0 Å². The van der Waals surface area contributed by atoms with E-state index in [1.807, 2.05) is 0 Å². The molecule has 2 aliphatic rings. The molecule has 0 bridgehead atoms. The van der Waals surface area contributed by atoms with Gasteiger partial charge in [-0.1, -0.05) is 5.57 Å². The van der Waals surface area contributed by atoms with Gasteiger partial charge in [-0.3, -0.25) is 14.4 Å². The lowest BCUT2D eigenvalue weighted by Crippen LogP contribution is -2.37. The van der Waals surface area contributed by atoms with E-state index < -0.39 is 17.4 Å². The molecule has 0 heterocycles. The Kier molecular flexibility index (Phi) is 1.92. The summed E-state index contributed by atoms with van der Waals surface area (Å²) >= 11 is 0. The minimum Gasteiger partial charge on any atom is -0.480 e. The molecule has 15 heavy (non-hydrogen) atoms. The Hall–Kier alpha value is -1.65. The van der Waals surface area contributed by atoms with Crippen molar-refractivity contribution in [1.82, 2.24) is 0 Å². The first-order valence-electron chi connectivity index (χ1n) is 4.66. The van der Waals surface area contributed by atoms with E-state index in [1.54, 1.807) is 0 Å². The lowest BCUT2D eigenvalue weighted by Gasteiger charge is -2.18. The van der Waals surface area contributed by atoms with Crippen molar-refractivity contribution in [3.63, 3.8) is 0 Å². The molecule has 0 spiro atoms. The molecule has 0 amide bonds. The van der Waals surface area contributed by atoms with Crippen molar-refractivity contribution in [2.75, 3.05) is 0 Å². The Labute approximate surface area is 85.4 Å². The minimum atomic E-state index is -1.71. The zero-order chi connectivity index (χ0) is 11.2. The average Bonchev–Trinajstić information content (AvgIpc) is 2.57. The van der Waals surface area contributed by atoms with Crippen molar-refractivity contribution in [1.29, 1.82) is 0 Å². The van der Waals surface area contributed by atoms with E-state index in [2.05, 4.69) is 0 Å². The predicted octanol–water partition coefficient (Wildman–Crippen LogP) is 0.451. The summed E-state index contributed by atoms with van der Waals surface area (Å²) in [5.41, 5.74) is -1.03. The van der Waals surface area contributed by atoms with Crippen LogP contribution in [0.2, 0.25) is 0 Å². The molecular formula is C10H10O5. The molecule has 0 saturated heterocycles. The van der Waals surface area contributed by atoms with Gasteiger partial charge in [0, 0.05) is 6.42 Å². The molecule has 5 nitrogen and oxygen atoms in total.